The van der Waals surface area contributed by atoms with Gasteiger partial charge in [-0.2, -0.15) is 0 Å². The fraction of sp³-hybridized carbons (Fsp3) is 0.200. The van der Waals surface area contributed by atoms with Crippen LogP contribution in [0.4, 0.5) is 0 Å². The molecule has 6 rings (SSSR count). The predicted octanol–water partition coefficient (Wildman–Crippen LogP) is 15.9. The van der Waals surface area contributed by atoms with Crippen molar-refractivity contribution in [3.8, 4) is 11.1 Å². The van der Waals surface area contributed by atoms with Crippen molar-refractivity contribution in [2.45, 2.75) is 73.6 Å². The van der Waals surface area contributed by atoms with E-state index in [1.807, 2.05) is 45.9 Å². The van der Waals surface area contributed by atoms with E-state index in [0.717, 1.165) is 35.3 Å². The van der Waals surface area contributed by atoms with Crippen LogP contribution in [0.25, 0.3) is 27.5 Å². The highest BCUT2D eigenvalue weighted by Gasteiger charge is 2.30. The second-order valence-corrected chi connectivity index (χ2v) is 13.4. The van der Waals surface area contributed by atoms with E-state index >= 15 is 0 Å². The maximum atomic E-state index is 6.32. The van der Waals surface area contributed by atoms with Crippen molar-refractivity contribution >= 4 is 16.3 Å². The second-order valence-electron chi connectivity index (χ2n) is 13.4. The molecule has 1 aliphatic heterocycles. The van der Waals surface area contributed by atoms with Crippen LogP contribution in [0, 0.1) is 0 Å². The van der Waals surface area contributed by atoms with E-state index in [-0.39, 0.29) is 5.41 Å². The molecule has 1 atom stereocenters. The van der Waals surface area contributed by atoms with Crippen LogP contribution in [0.1, 0.15) is 84.1 Å². The molecule has 56 heavy (non-hydrogen) atoms. The lowest BCUT2D eigenvalue weighted by Crippen LogP contribution is -2.27. The van der Waals surface area contributed by atoms with E-state index in [2.05, 4.69) is 198 Å². The van der Waals surface area contributed by atoms with Crippen LogP contribution in [-0.4, -0.2) is 0 Å². The van der Waals surface area contributed by atoms with E-state index in [0.29, 0.717) is 5.76 Å². The van der Waals surface area contributed by atoms with Crippen molar-refractivity contribution in [3.05, 3.63) is 234 Å². The molecule has 0 fully saturated rings. The first-order valence-corrected chi connectivity index (χ1v) is 20.2. The van der Waals surface area contributed by atoms with Gasteiger partial charge in [0.15, 0.2) is 0 Å². The molecule has 0 spiro atoms. The topological polar surface area (TPSA) is 9.23 Å². The van der Waals surface area contributed by atoms with Crippen molar-refractivity contribution < 1.29 is 4.74 Å². The first-order valence-electron chi connectivity index (χ1n) is 20.2. The molecule has 286 valence electrons. The summed E-state index contributed by atoms with van der Waals surface area (Å²) in [5, 5.41) is 2.41. The van der Waals surface area contributed by atoms with E-state index < -0.39 is 0 Å². The van der Waals surface area contributed by atoms with E-state index in [1.54, 1.807) is 0 Å². The maximum Gasteiger partial charge on any atom is 0.130 e. The SMILES string of the molecule is C=C1/C=C\C=C/C/C=C(C(/C=C(/c2cccc(-c3cccc(CC(C)(C(/C=C\C)=C/C)c4ccccc4)c3)c2)c2cccc3ccccc23)=C/C)\O1.CC.CC. The predicted molar refractivity (Wildman–Crippen MR) is 247 cm³/mol. The minimum atomic E-state index is -0.181. The molecule has 5 aromatic rings. The first-order chi connectivity index (χ1) is 27.4. The van der Waals surface area contributed by atoms with Gasteiger partial charge in [-0.15, -0.1) is 0 Å². The number of allylic oxidation sites excluding steroid dienone is 11. The summed E-state index contributed by atoms with van der Waals surface area (Å²) in [6, 6.07) is 44.1. The molecule has 1 unspecified atom stereocenters. The lowest BCUT2D eigenvalue weighted by atomic mass is 9.71. The monoisotopic (exact) mass is 736 g/mol. The van der Waals surface area contributed by atoms with Gasteiger partial charge in [0.05, 0.1) is 0 Å². The summed E-state index contributed by atoms with van der Waals surface area (Å²) in [4.78, 5) is 0. The average Bonchev–Trinajstić information content (AvgIpc) is 3.36. The van der Waals surface area contributed by atoms with E-state index in [1.165, 1.54) is 44.2 Å². The molecule has 1 nitrogen and oxygen atoms in total. The van der Waals surface area contributed by atoms with Crippen LogP contribution in [0.15, 0.2) is 211 Å². The molecular formula is C55H60O. The highest BCUT2D eigenvalue weighted by atomic mass is 16.5. The smallest absolute Gasteiger partial charge is 0.130 e. The first kappa shape index (κ1) is 42.8. The minimum Gasteiger partial charge on any atom is -0.458 e. The van der Waals surface area contributed by atoms with Gasteiger partial charge in [-0.1, -0.05) is 199 Å². The summed E-state index contributed by atoms with van der Waals surface area (Å²) in [6.07, 6.45) is 22.8. The molecule has 5 aromatic carbocycles. The lowest BCUT2D eigenvalue weighted by molar-refractivity contribution is 0.332. The van der Waals surface area contributed by atoms with Crippen molar-refractivity contribution in [3.63, 3.8) is 0 Å². The minimum absolute atomic E-state index is 0.181. The van der Waals surface area contributed by atoms with E-state index in [9.17, 15) is 0 Å². The Balaban J connectivity index is 0.00000169. The Kier molecular flexibility index (Phi) is 16.7. The van der Waals surface area contributed by atoms with Crippen molar-refractivity contribution in [2.24, 2.45) is 0 Å². The summed E-state index contributed by atoms with van der Waals surface area (Å²) >= 11 is 0. The third-order valence-electron chi connectivity index (χ3n) is 9.88. The molecule has 0 saturated heterocycles. The number of benzene rings is 5. The molecule has 0 aliphatic carbocycles. The third kappa shape index (κ3) is 10.6. The van der Waals surface area contributed by atoms with Crippen LogP contribution < -0.4 is 0 Å². The zero-order valence-electron chi connectivity index (χ0n) is 34.9. The highest BCUT2D eigenvalue weighted by molar-refractivity contribution is 5.99. The van der Waals surface area contributed by atoms with Crippen molar-refractivity contribution in [1.82, 2.24) is 0 Å². The number of ether oxygens (including phenoxy) is 1. The third-order valence-corrected chi connectivity index (χ3v) is 9.88. The van der Waals surface area contributed by atoms with E-state index in [4.69, 9.17) is 4.74 Å². The Labute approximate surface area is 338 Å². The largest absolute Gasteiger partial charge is 0.458 e. The second kappa shape index (κ2) is 21.8. The molecule has 0 saturated carbocycles. The van der Waals surface area contributed by atoms with Gasteiger partial charge in [0.2, 0.25) is 0 Å². The normalized spacial score (nSPS) is 16.7. The van der Waals surface area contributed by atoms with Gasteiger partial charge in [-0.25, -0.2) is 0 Å². The Morgan fingerprint density at radius 3 is 2.14 bits per heavy atom. The Bertz CT molecular complexity index is 2260. The molecule has 1 heteroatoms. The van der Waals surface area contributed by atoms with Crippen LogP contribution in [0.2, 0.25) is 0 Å². The van der Waals surface area contributed by atoms with Gasteiger partial charge in [0.1, 0.15) is 11.5 Å². The van der Waals surface area contributed by atoms with Crippen LogP contribution in [0.3, 0.4) is 0 Å². The summed E-state index contributed by atoms with van der Waals surface area (Å²) in [6.45, 7) is 20.8. The summed E-state index contributed by atoms with van der Waals surface area (Å²) < 4.78 is 6.32. The summed E-state index contributed by atoms with van der Waals surface area (Å²) in [7, 11) is 0. The zero-order chi connectivity index (χ0) is 40.3. The summed E-state index contributed by atoms with van der Waals surface area (Å²) in [5.74, 6) is 1.40. The van der Waals surface area contributed by atoms with Gasteiger partial charge >= 0.3 is 0 Å². The quantitative estimate of drug-likeness (QED) is 0.130. The lowest BCUT2D eigenvalue weighted by Gasteiger charge is -2.32. The van der Waals surface area contributed by atoms with Gasteiger partial charge < -0.3 is 4.74 Å². The summed E-state index contributed by atoms with van der Waals surface area (Å²) in [5.41, 5.74) is 10.6. The van der Waals surface area contributed by atoms with Crippen LogP contribution in [0.5, 0.6) is 0 Å². The number of rotatable bonds is 10. The van der Waals surface area contributed by atoms with Crippen LogP contribution >= 0.6 is 0 Å². The average molecular weight is 737 g/mol. The fourth-order valence-electron chi connectivity index (χ4n) is 7.21. The van der Waals surface area contributed by atoms with Crippen molar-refractivity contribution in [1.29, 1.82) is 0 Å². The van der Waals surface area contributed by atoms with Gasteiger partial charge in [-0.3, -0.25) is 0 Å². The van der Waals surface area contributed by atoms with Crippen molar-refractivity contribution in [2.75, 3.05) is 0 Å². The Morgan fingerprint density at radius 1 is 0.732 bits per heavy atom. The standard InChI is InChI=1S/C51H48O.2C2H6/c1-6-21-45(8-3)51(5,46-29-13-11-14-30-46)37-39-23-18-26-42(34-39)43-27-19-28-44(35-43)49(48-32-20-25-41-24-16-17-31-47(41)48)36-40(7-2)50-33-15-10-9-12-22-38(4)52-50;2*1-2/h6-14,16-36H,4,15,37H2,1-3,5H3;2*1-2H3/b10-9-,21-6-,22-12-,40-7+,45-8+,49-36-,50-33-;;. The molecule has 0 aromatic heterocycles. The molecule has 0 amide bonds. The fourth-order valence-corrected chi connectivity index (χ4v) is 7.21. The van der Waals surface area contributed by atoms with Gasteiger partial charge in [0.25, 0.3) is 0 Å². The van der Waals surface area contributed by atoms with Gasteiger partial charge in [0, 0.05) is 11.0 Å². The molecule has 0 radical (unpaired) electrons. The number of fused-ring (bicyclic) bond motifs is 1. The molecule has 1 heterocycles. The Morgan fingerprint density at radius 2 is 1.41 bits per heavy atom. The molecular weight excluding hydrogens is 677 g/mol. The van der Waals surface area contributed by atoms with Crippen LogP contribution in [-0.2, 0) is 16.6 Å². The molecule has 1 aliphatic rings. The highest BCUT2D eigenvalue weighted by Crippen LogP contribution is 2.38. The molecule has 0 N–H and O–H groups in total. The molecule has 0 bridgehead atoms. The maximum absolute atomic E-state index is 6.32. The van der Waals surface area contributed by atoms with Gasteiger partial charge in [-0.05, 0) is 113 Å². The Hall–Kier alpha value is -5.92. The number of hydrogen-bond acceptors (Lipinski definition) is 1. The number of hydrogen-bond donors (Lipinski definition) is 0. The zero-order valence-corrected chi connectivity index (χ0v) is 34.9.